The minimum atomic E-state index is -0.843. The summed E-state index contributed by atoms with van der Waals surface area (Å²) in [5.74, 6) is 0.0915. The third-order valence-electron chi connectivity index (χ3n) is 7.00. The average Bonchev–Trinajstić information content (AvgIpc) is 3.42. The van der Waals surface area contributed by atoms with Crippen molar-refractivity contribution < 1.29 is 19.0 Å². The number of amides is 1. The quantitative estimate of drug-likeness (QED) is 0.349. The Bertz CT molecular complexity index is 1550. The van der Waals surface area contributed by atoms with Gasteiger partial charge in [0.05, 0.1) is 47.7 Å². The molecule has 2 aliphatic rings. The fourth-order valence-corrected chi connectivity index (χ4v) is 5.28. The molecule has 3 N–H and O–H groups in total. The number of benzene rings is 1. The van der Waals surface area contributed by atoms with E-state index in [0.717, 1.165) is 41.2 Å². The molecule has 1 aromatic carbocycles. The van der Waals surface area contributed by atoms with Gasteiger partial charge in [-0.05, 0) is 50.3 Å². The summed E-state index contributed by atoms with van der Waals surface area (Å²) in [4.78, 5) is 26.4. The lowest BCUT2D eigenvalue weighted by Gasteiger charge is -2.27. The molecule has 1 amide bonds. The molecule has 202 valence electrons. The molecule has 6 rings (SSSR count). The van der Waals surface area contributed by atoms with E-state index in [4.69, 9.17) is 9.72 Å². The molecule has 39 heavy (non-hydrogen) atoms. The molecule has 2 aliphatic heterocycles. The number of carbonyl (C=O) groups excluding carboxylic acids is 1. The van der Waals surface area contributed by atoms with Gasteiger partial charge in [0.15, 0.2) is 6.29 Å². The smallest absolute Gasteiger partial charge is 0.254 e. The van der Waals surface area contributed by atoms with Gasteiger partial charge in [0, 0.05) is 37.5 Å². The molecule has 5 heterocycles. The van der Waals surface area contributed by atoms with E-state index in [9.17, 15) is 14.3 Å². The highest BCUT2D eigenvalue weighted by atomic mass is 19.1. The minimum Gasteiger partial charge on any atom is -0.366 e. The van der Waals surface area contributed by atoms with Crippen molar-refractivity contribution in [3.8, 4) is 11.3 Å². The Morgan fingerprint density at radius 2 is 2.13 bits per heavy atom. The van der Waals surface area contributed by atoms with Gasteiger partial charge < -0.3 is 30.3 Å². The molecule has 0 unspecified atom stereocenters. The number of aliphatic hydroxyl groups excluding tert-OH is 1. The Kier molecular flexibility index (Phi) is 6.63. The molecular formula is C28H30FN7O3. The number of rotatable bonds is 6. The second kappa shape index (κ2) is 10.3. The molecule has 4 aromatic rings. The van der Waals surface area contributed by atoms with Gasteiger partial charge in [-0.3, -0.25) is 9.20 Å². The van der Waals surface area contributed by atoms with Crippen molar-refractivity contribution in [1.29, 1.82) is 0 Å². The number of anilines is 3. The van der Waals surface area contributed by atoms with E-state index in [0.29, 0.717) is 49.0 Å². The zero-order valence-corrected chi connectivity index (χ0v) is 21.8. The maximum Gasteiger partial charge on any atom is 0.254 e. The number of hydrogen-bond donors (Lipinski definition) is 3. The fourth-order valence-electron chi connectivity index (χ4n) is 5.28. The van der Waals surface area contributed by atoms with Gasteiger partial charge in [0.2, 0.25) is 0 Å². The number of aromatic nitrogens is 3. The molecule has 1 atom stereocenters. The van der Waals surface area contributed by atoms with Gasteiger partial charge in [0.1, 0.15) is 17.3 Å². The van der Waals surface area contributed by atoms with Crippen molar-refractivity contribution in [2.75, 3.05) is 44.0 Å². The number of β-amino-alcohol motifs (C(OH)–C–C–N with tert-alkyl or cyclic N) is 1. The highest BCUT2D eigenvalue weighted by Crippen LogP contribution is 2.36. The van der Waals surface area contributed by atoms with Crippen LogP contribution in [0.25, 0.3) is 16.9 Å². The van der Waals surface area contributed by atoms with Crippen LogP contribution in [0.2, 0.25) is 0 Å². The van der Waals surface area contributed by atoms with Crippen LogP contribution in [0, 0.1) is 5.82 Å². The average molecular weight is 532 g/mol. The van der Waals surface area contributed by atoms with Gasteiger partial charge in [-0.15, -0.1) is 0 Å². The van der Waals surface area contributed by atoms with Crippen LogP contribution in [0.5, 0.6) is 0 Å². The van der Waals surface area contributed by atoms with Crippen molar-refractivity contribution >= 4 is 28.7 Å². The van der Waals surface area contributed by atoms with Crippen LogP contribution in [-0.4, -0.2) is 70.4 Å². The number of hydrogen-bond acceptors (Lipinski definition) is 8. The largest absolute Gasteiger partial charge is 0.366 e. The number of aliphatic hydroxyl groups is 1. The maximum absolute atomic E-state index is 13.7. The first-order chi connectivity index (χ1) is 18.9. The van der Waals surface area contributed by atoms with E-state index >= 15 is 0 Å². The van der Waals surface area contributed by atoms with E-state index in [1.807, 2.05) is 47.7 Å². The van der Waals surface area contributed by atoms with Crippen LogP contribution in [0.3, 0.4) is 0 Å². The number of carbonyl (C=O) groups is 1. The Morgan fingerprint density at radius 1 is 1.26 bits per heavy atom. The lowest BCUT2D eigenvalue weighted by molar-refractivity contribution is -0.0850. The van der Waals surface area contributed by atoms with E-state index in [-0.39, 0.29) is 11.7 Å². The fraction of sp³-hybridized carbons (Fsp3) is 0.321. The van der Waals surface area contributed by atoms with Crippen LogP contribution in [0.1, 0.15) is 28.0 Å². The normalized spacial score (nSPS) is 17.4. The molecule has 0 spiro atoms. The van der Waals surface area contributed by atoms with E-state index < -0.39 is 6.29 Å². The van der Waals surface area contributed by atoms with E-state index in [1.54, 1.807) is 12.4 Å². The maximum atomic E-state index is 13.7. The third-order valence-corrected chi connectivity index (χ3v) is 7.00. The van der Waals surface area contributed by atoms with Crippen LogP contribution < -0.4 is 15.5 Å². The van der Waals surface area contributed by atoms with Crippen LogP contribution in [0.15, 0.2) is 48.8 Å². The van der Waals surface area contributed by atoms with Crippen molar-refractivity contribution in [3.05, 3.63) is 71.4 Å². The minimum absolute atomic E-state index is 0.169. The molecule has 11 heteroatoms. The summed E-state index contributed by atoms with van der Waals surface area (Å²) < 4.78 is 20.9. The number of nitrogens with zero attached hydrogens (tertiary/aromatic N) is 5. The van der Waals surface area contributed by atoms with Gasteiger partial charge in [-0.2, -0.15) is 0 Å². The van der Waals surface area contributed by atoms with Crippen LogP contribution >= 0.6 is 0 Å². The van der Waals surface area contributed by atoms with Crippen LogP contribution in [-0.2, 0) is 17.8 Å². The lowest BCUT2D eigenvalue weighted by atomic mass is 9.99. The molecule has 0 aliphatic carbocycles. The third kappa shape index (κ3) is 4.91. The van der Waals surface area contributed by atoms with Crippen molar-refractivity contribution in [2.45, 2.75) is 25.8 Å². The summed E-state index contributed by atoms with van der Waals surface area (Å²) in [6.45, 7) is 2.63. The first-order valence-electron chi connectivity index (χ1n) is 12.9. The Labute approximate surface area is 225 Å². The Balaban J connectivity index is 1.36. The molecule has 1 fully saturated rings. The number of halogens is 1. The van der Waals surface area contributed by atoms with Gasteiger partial charge >= 0.3 is 0 Å². The lowest BCUT2D eigenvalue weighted by Crippen LogP contribution is -2.33. The molecule has 0 saturated carbocycles. The summed E-state index contributed by atoms with van der Waals surface area (Å²) in [5.41, 5.74) is 5.99. The Morgan fingerprint density at radius 3 is 2.97 bits per heavy atom. The van der Waals surface area contributed by atoms with Crippen molar-refractivity contribution in [2.24, 2.45) is 0 Å². The topological polar surface area (TPSA) is 107 Å². The van der Waals surface area contributed by atoms with Gasteiger partial charge in [-0.25, -0.2) is 14.4 Å². The standard InChI is InChI=1S/C28H30FN7O3/c1-34(2)15-21-22(35-9-3-11-39-26(37)16-35)6-7-24(33-21)32-20-5-4-18(19-13-31-28(38)27(19)20)23-14-30-25-12-17(29)8-10-36(23)25/h4-8,10,12,14,26,37H,3,9,11,13,15-16H2,1-2H3,(H,31,38)(H,32,33)/t26-/m0/s1. The van der Waals surface area contributed by atoms with E-state index in [1.165, 1.54) is 12.1 Å². The second-order valence-electron chi connectivity index (χ2n) is 10.1. The molecule has 0 bridgehead atoms. The number of nitrogens with one attached hydrogen (secondary N) is 2. The van der Waals surface area contributed by atoms with Crippen LogP contribution in [0.4, 0.5) is 21.6 Å². The first-order valence-corrected chi connectivity index (χ1v) is 12.9. The summed E-state index contributed by atoms with van der Waals surface area (Å²) in [6, 6.07) is 10.5. The zero-order valence-electron chi connectivity index (χ0n) is 21.8. The monoisotopic (exact) mass is 531 g/mol. The molecule has 0 radical (unpaired) electrons. The zero-order chi connectivity index (χ0) is 27.1. The SMILES string of the molecule is CN(C)Cc1nc(Nc2ccc(-c3cnc4cc(F)ccn34)c3c2C(=O)NC3)ccc1N1CCCO[C@H](O)C1. The number of fused-ring (bicyclic) bond motifs is 2. The second-order valence-corrected chi connectivity index (χ2v) is 10.1. The molecule has 10 nitrogen and oxygen atoms in total. The molecule has 1 saturated heterocycles. The van der Waals surface area contributed by atoms with Gasteiger partial charge in [-0.1, -0.05) is 6.07 Å². The summed E-state index contributed by atoms with van der Waals surface area (Å²) in [6.07, 6.45) is 3.30. The first kappa shape index (κ1) is 25.2. The number of pyridine rings is 2. The van der Waals surface area contributed by atoms with Crippen molar-refractivity contribution in [3.63, 3.8) is 0 Å². The summed E-state index contributed by atoms with van der Waals surface area (Å²) >= 11 is 0. The predicted molar refractivity (Wildman–Crippen MR) is 145 cm³/mol. The number of ether oxygens (including phenoxy) is 1. The highest BCUT2D eigenvalue weighted by Gasteiger charge is 2.28. The van der Waals surface area contributed by atoms with Gasteiger partial charge in [0.25, 0.3) is 5.91 Å². The summed E-state index contributed by atoms with van der Waals surface area (Å²) in [7, 11) is 3.97. The van der Waals surface area contributed by atoms with E-state index in [2.05, 4.69) is 20.5 Å². The van der Waals surface area contributed by atoms with Crippen molar-refractivity contribution in [1.82, 2.24) is 24.6 Å². The molecular weight excluding hydrogens is 501 g/mol. The Hall–Kier alpha value is -4.06. The number of imidazole rings is 1. The highest BCUT2D eigenvalue weighted by molar-refractivity contribution is 6.06. The molecule has 3 aromatic heterocycles. The predicted octanol–water partition coefficient (Wildman–Crippen LogP) is 3.13. The summed E-state index contributed by atoms with van der Waals surface area (Å²) in [5, 5.41) is 16.4.